The van der Waals surface area contributed by atoms with Crippen LogP contribution in [0.25, 0.3) is 22.4 Å². The SMILES string of the molecule is CN1CCCCCC1c1nc(-c2ccc3nc[nH]c3c2)no1. The van der Waals surface area contributed by atoms with Crippen LogP contribution in [0.2, 0.25) is 0 Å². The van der Waals surface area contributed by atoms with Crippen molar-refractivity contribution in [1.29, 1.82) is 0 Å². The van der Waals surface area contributed by atoms with Gasteiger partial charge in [-0.3, -0.25) is 4.90 Å². The van der Waals surface area contributed by atoms with Gasteiger partial charge >= 0.3 is 0 Å². The van der Waals surface area contributed by atoms with Crippen molar-refractivity contribution >= 4 is 11.0 Å². The number of imidazole rings is 1. The molecule has 0 amide bonds. The Hall–Kier alpha value is -2.21. The summed E-state index contributed by atoms with van der Waals surface area (Å²) in [4.78, 5) is 14.3. The van der Waals surface area contributed by atoms with E-state index in [0.29, 0.717) is 5.82 Å². The Morgan fingerprint density at radius 1 is 1.27 bits per heavy atom. The first-order valence-corrected chi connectivity index (χ1v) is 7.78. The van der Waals surface area contributed by atoms with Gasteiger partial charge in [-0.2, -0.15) is 4.98 Å². The molecule has 3 heterocycles. The van der Waals surface area contributed by atoms with Crippen LogP contribution in [0, 0.1) is 0 Å². The first-order chi connectivity index (χ1) is 10.8. The summed E-state index contributed by atoms with van der Waals surface area (Å²) in [5, 5.41) is 4.17. The fraction of sp³-hybridized carbons (Fsp3) is 0.438. The van der Waals surface area contributed by atoms with Gasteiger partial charge in [0.2, 0.25) is 11.7 Å². The monoisotopic (exact) mass is 297 g/mol. The van der Waals surface area contributed by atoms with E-state index in [2.05, 4.69) is 32.1 Å². The second-order valence-corrected chi connectivity index (χ2v) is 5.94. The predicted octanol–water partition coefficient (Wildman–Crippen LogP) is 3.16. The normalized spacial score (nSPS) is 20.3. The van der Waals surface area contributed by atoms with Gasteiger partial charge in [-0.1, -0.05) is 18.0 Å². The lowest BCUT2D eigenvalue weighted by Gasteiger charge is -2.21. The van der Waals surface area contributed by atoms with Crippen LogP contribution >= 0.6 is 0 Å². The topological polar surface area (TPSA) is 70.8 Å². The molecule has 6 nitrogen and oxygen atoms in total. The van der Waals surface area contributed by atoms with E-state index in [1.807, 2.05) is 18.2 Å². The van der Waals surface area contributed by atoms with Crippen LogP contribution < -0.4 is 0 Å². The van der Waals surface area contributed by atoms with Crippen molar-refractivity contribution in [3.05, 3.63) is 30.4 Å². The lowest BCUT2D eigenvalue weighted by Crippen LogP contribution is -2.24. The number of likely N-dealkylation sites (tertiary alicyclic amines) is 1. The first kappa shape index (κ1) is 13.5. The van der Waals surface area contributed by atoms with Gasteiger partial charge in [0.25, 0.3) is 0 Å². The van der Waals surface area contributed by atoms with E-state index in [9.17, 15) is 0 Å². The summed E-state index contributed by atoms with van der Waals surface area (Å²) in [6.07, 6.45) is 6.50. The van der Waals surface area contributed by atoms with Gasteiger partial charge in [0.1, 0.15) is 0 Å². The summed E-state index contributed by atoms with van der Waals surface area (Å²) in [6.45, 7) is 1.09. The Morgan fingerprint density at radius 3 is 3.18 bits per heavy atom. The molecule has 3 aromatic rings. The minimum atomic E-state index is 0.236. The summed E-state index contributed by atoms with van der Waals surface area (Å²) in [5.41, 5.74) is 2.87. The summed E-state index contributed by atoms with van der Waals surface area (Å²) in [6, 6.07) is 6.19. The van der Waals surface area contributed by atoms with Crippen molar-refractivity contribution in [3.63, 3.8) is 0 Å². The van der Waals surface area contributed by atoms with Crippen LogP contribution in [-0.2, 0) is 0 Å². The first-order valence-electron chi connectivity index (χ1n) is 7.78. The van der Waals surface area contributed by atoms with Gasteiger partial charge in [-0.25, -0.2) is 4.98 Å². The van der Waals surface area contributed by atoms with Gasteiger partial charge in [0.15, 0.2) is 0 Å². The minimum absolute atomic E-state index is 0.236. The van der Waals surface area contributed by atoms with E-state index in [-0.39, 0.29) is 6.04 Å². The number of hydrogen-bond acceptors (Lipinski definition) is 5. The third-order valence-corrected chi connectivity index (χ3v) is 4.43. The van der Waals surface area contributed by atoms with E-state index in [1.165, 1.54) is 19.3 Å². The van der Waals surface area contributed by atoms with Crippen LogP contribution in [0.3, 0.4) is 0 Å². The van der Waals surface area contributed by atoms with Crippen molar-refractivity contribution in [2.45, 2.75) is 31.7 Å². The molecule has 1 unspecified atom stereocenters. The van der Waals surface area contributed by atoms with E-state index in [1.54, 1.807) is 6.33 Å². The largest absolute Gasteiger partial charge is 0.345 e. The highest BCUT2D eigenvalue weighted by atomic mass is 16.5. The number of aromatic amines is 1. The number of rotatable bonds is 2. The highest BCUT2D eigenvalue weighted by molar-refractivity contribution is 5.79. The number of nitrogens with one attached hydrogen (secondary N) is 1. The maximum atomic E-state index is 5.55. The molecule has 1 aliphatic heterocycles. The number of aromatic nitrogens is 4. The Bertz CT molecular complexity index is 778. The molecule has 0 aliphatic carbocycles. The van der Waals surface area contributed by atoms with Crippen molar-refractivity contribution < 1.29 is 4.52 Å². The van der Waals surface area contributed by atoms with E-state index in [0.717, 1.165) is 35.5 Å². The lowest BCUT2D eigenvalue weighted by atomic mass is 10.1. The Morgan fingerprint density at radius 2 is 2.23 bits per heavy atom. The van der Waals surface area contributed by atoms with Crippen molar-refractivity contribution in [2.24, 2.45) is 0 Å². The Kier molecular flexibility index (Phi) is 3.38. The number of nitrogens with zero attached hydrogens (tertiary/aromatic N) is 4. The van der Waals surface area contributed by atoms with Crippen LogP contribution in [-0.4, -0.2) is 38.6 Å². The molecular formula is C16H19N5O. The zero-order valence-corrected chi connectivity index (χ0v) is 12.6. The summed E-state index contributed by atoms with van der Waals surface area (Å²) in [5.74, 6) is 1.37. The fourth-order valence-electron chi connectivity index (χ4n) is 3.13. The Labute approximate surface area is 128 Å². The molecule has 114 valence electrons. The Balaban J connectivity index is 1.65. The summed E-state index contributed by atoms with van der Waals surface area (Å²) < 4.78 is 5.55. The summed E-state index contributed by atoms with van der Waals surface area (Å²) in [7, 11) is 2.14. The maximum Gasteiger partial charge on any atom is 0.244 e. The van der Waals surface area contributed by atoms with E-state index in [4.69, 9.17) is 4.52 Å². The molecule has 6 heteroatoms. The smallest absolute Gasteiger partial charge is 0.244 e. The van der Waals surface area contributed by atoms with Crippen LogP contribution in [0.15, 0.2) is 29.0 Å². The second kappa shape index (κ2) is 5.53. The van der Waals surface area contributed by atoms with E-state index >= 15 is 0 Å². The van der Waals surface area contributed by atoms with Crippen LogP contribution in [0.5, 0.6) is 0 Å². The van der Waals surface area contributed by atoms with Crippen molar-refractivity contribution in [2.75, 3.05) is 13.6 Å². The van der Waals surface area contributed by atoms with Crippen molar-refractivity contribution in [3.8, 4) is 11.4 Å². The molecule has 0 saturated carbocycles. The minimum Gasteiger partial charge on any atom is -0.345 e. The van der Waals surface area contributed by atoms with Gasteiger partial charge in [0, 0.05) is 5.56 Å². The lowest BCUT2D eigenvalue weighted by molar-refractivity contribution is 0.198. The number of benzene rings is 1. The van der Waals surface area contributed by atoms with Gasteiger partial charge in [-0.15, -0.1) is 0 Å². The third kappa shape index (κ3) is 2.39. The molecule has 1 aromatic carbocycles. The molecule has 1 N–H and O–H groups in total. The third-order valence-electron chi connectivity index (χ3n) is 4.43. The van der Waals surface area contributed by atoms with E-state index < -0.39 is 0 Å². The molecule has 1 fully saturated rings. The molecule has 0 bridgehead atoms. The maximum absolute atomic E-state index is 5.55. The standard InChI is InChI=1S/C16H19N5O/c1-21-8-4-2-3-5-14(21)16-19-15(20-22-16)11-6-7-12-13(9-11)18-10-17-12/h6-7,9-10,14H,2-5,8H2,1H3,(H,17,18). The van der Waals surface area contributed by atoms with Crippen LogP contribution in [0.4, 0.5) is 0 Å². The zero-order valence-electron chi connectivity index (χ0n) is 12.6. The molecule has 1 saturated heterocycles. The average molecular weight is 297 g/mol. The molecule has 1 aliphatic rings. The van der Waals surface area contributed by atoms with Gasteiger partial charge < -0.3 is 9.51 Å². The molecule has 1 atom stereocenters. The average Bonchev–Trinajstić information content (AvgIpc) is 3.14. The summed E-state index contributed by atoms with van der Waals surface area (Å²) >= 11 is 0. The molecule has 2 aromatic heterocycles. The zero-order chi connectivity index (χ0) is 14.9. The van der Waals surface area contributed by atoms with Gasteiger partial charge in [0.05, 0.1) is 23.4 Å². The highest BCUT2D eigenvalue weighted by Crippen LogP contribution is 2.29. The quantitative estimate of drug-likeness (QED) is 0.786. The number of fused-ring (bicyclic) bond motifs is 1. The van der Waals surface area contributed by atoms with Crippen LogP contribution in [0.1, 0.15) is 37.6 Å². The number of hydrogen-bond donors (Lipinski definition) is 1. The second-order valence-electron chi connectivity index (χ2n) is 5.94. The van der Waals surface area contributed by atoms with Crippen molar-refractivity contribution in [1.82, 2.24) is 25.0 Å². The molecule has 22 heavy (non-hydrogen) atoms. The molecule has 4 rings (SSSR count). The molecular weight excluding hydrogens is 278 g/mol. The predicted molar refractivity (Wildman–Crippen MR) is 83.2 cm³/mol. The highest BCUT2D eigenvalue weighted by Gasteiger charge is 2.25. The fourth-order valence-corrected chi connectivity index (χ4v) is 3.13. The number of H-pyrrole nitrogens is 1. The molecule has 0 radical (unpaired) electrons. The molecule has 0 spiro atoms. The van der Waals surface area contributed by atoms with Gasteiger partial charge in [-0.05, 0) is 44.6 Å².